The summed E-state index contributed by atoms with van der Waals surface area (Å²) in [6.07, 6.45) is 1.18. The lowest BCUT2D eigenvalue weighted by molar-refractivity contribution is 0.412. The third-order valence-electron chi connectivity index (χ3n) is 2.58. The maximum atomic E-state index is 5.18. The van der Waals surface area contributed by atoms with Gasteiger partial charge in [0.15, 0.2) is 0 Å². The van der Waals surface area contributed by atoms with Crippen LogP contribution in [0.15, 0.2) is 22.7 Å². The molecular formula is C11H15BrN2O. The lowest BCUT2D eigenvalue weighted by Crippen LogP contribution is -2.21. The summed E-state index contributed by atoms with van der Waals surface area (Å²) in [5.74, 6) is 0.866. The first-order valence-corrected chi connectivity index (χ1v) is 5.89. The third kappa shape index (κ3) is 2.63. The molecule has 1 aliphatic rings. The first-order chi connectivity index (χ1) is 7.29. The molecule has 2 N–H and O–H groups in total. The van der Waals surface area contributed by atoms with Crippen molar-refractivity contribution in [1.82, 2.24) is 5.32 Å². The smallest absolute Gasteiger partial charge is 0.133 e. The zero-order valence-electron chi connectivity index (χ0n) is 8.72. The molecule has 1 fully saturated rings. The van der Waals surface area contributed by atoms with Crippen LogP contribution in [0.5, 0.6) is 5.75 Å². The number of nitrogens with one attached hydrogen (secondary N) is 2. The minimum absolute atomic E-state index is 0.547. The lowest BCUT2D eigenvalue weighted by Gasteiger charge is -2.14. The van der Waals surface area contributed by atoms with Crippen LogP contribution in [0.4, 0.5) is 5.69 Å². The van der Waals surface area contributed by atoms with Crippen LogP contribution in [-0.4, -0.2) is 26.2 Å². The van der Waals surface area contributed by atoms with Crippen molar-refractivity contribution in [3.8, 4) is 5.75 Å². The minimum Gasteiger partial charge on any atom is -0.496 e. The summed E-state index contributed by atoms with van der Waals surface area (Å²) in [6.45, 7) is 2.15. The summed E-state index contributed by atoms with van der Waals surface area (Å²) in [7, 11) is 1.67. The van der Waals surface area contributed by atoms with Gasteiger partial charge >= 0.3 is 0 Å². The first-order valence-electron chi connectivity index (χ1n) is 5.10. The molecule has 0 spiro atoms. The molecule has 1 atom stereocenters. The van der Waals surface area contributed by atoms with E-state index < -0.39 is 0 Å². The van der Waals surface area contributed by atoms with Gasteiger partial charge in [0.2, 0.25) is 0 Å². The molecule has 0 amide bonds. The van der Waals surface area contributed by atoms with E-state index in [2.05, 4.69) is 32.6 Å². The first kappa shape index (κ1) is 10.8. The fourth-order valence-electron chi connectivity index (χ4n) is 1.77. The highest BCUT2D eigenvalue weighted by Crippen LogP contribution is 2.28. The Morgan fingerprint density at radius 3 is 3.00 bits per heavy atom. The van der Waals surface area contributed by atoms with E-state index in [1.54, 1.807) is 7.11 Å². The van der Waals surface area contributed by atoms with Crippen molar-refractivity contribution in [2.45, 2.75) is 12.5 Å². The topological polar surface area (TPSA) is 33.3 Å². The van der Waals surface area contributed by atoms with Gasteiger partial charge in [0, 0.05) is 18.3 Å². The molecule has 82 valence electrons. The molecule has 0 radical (unpaired) electrons. The van der Waals surface area contributed by atoms with Gasteiger partial charge in [0.25, 0.3) is 0 Å². The number of methoxy groups -OCH3 is 1. The van der Waals surface area contributed by atoms with Crippen molar-refractivity contribution in [2.75, 3.05) is 25.5 Å². The molecule has 1 aromatic carbocycles. The molecule has 0 saturated carbocycles. The van der Waals surface area contributed by atoms with E-state index in [9.17, 15) is 0 Å². The molecule has 2 rings (SSSR count). The van der Waals surface area contributed by atoms with Crippen LogP contribution in [0.1, 0.15) is 6.42 Å². The van der Waals surface area contributed by atoms with Crippen molar-refractivity contribution in [3.63, 3.8) is 0 Å². The van der Waals surface area contributed by atoms with Crippen molar-refractivity contribution in [1.29, 1.82) is 0 Å². The quantitative estimate of drug-likeness (QED) is 0.884. The van der Waals surface area contributed by atoms with Gasteiger partial charge in [-0.05, 0) is 47.1 Å². The molecule has 1 unspecified atom stereocenters. The molecule has 0 aliphatic carbocycles. The van der Waals surface area contributed by atoms with Crippen LogP contribution in [0.3, 0.4) is 0 Å². The van der Waals surface area contributed by atoms with Gasteiger partial charge in [-0.3, -0.25) is 0 Å². The van der Waals surface area contributed by atoms with Crippen LogP contribution >= 0.6 is 15.9 Å². The molecular weight excluding hydrogens is 256 g/mol. The maximum absolute atomic E-state index is 5.18. The second kappa shape index (κ2) is 4.86. The standard InChI is InChI=1S/C11H15BrN2O/c1-15-11-3-2-8(6-10(11)12)14-9-4-5-13-7-9/h2-3,6,9,13-14H,4-5,7H2,1H3. The van der Waals surface area contributed by atoms with Gasteiger partial charge < -0.3 is 15.4 Å². The second-order valence-corrected chi connectivity index (χ2v) is 4.54. The lowest BCUT2D eigenvalue weighted by atomic mass is 10.2. The van der Waals surface area contributed by atoms with Crippen LogP contribution < -0.4 is 15.4 Å². The monoisotopic (exact) mass is 270 g/mol. The summed E-state index contributed by atoms with van der Waals surface area (Å²) < 4.78 is 6.17. The fraction of sp³-hybridized carbons (Fsp3) is 0.455. The Morgan fingerprint density at radius 2 is 2.40 bits per heavy atom. The normalized spacial score (nSPS) is 20.3. The molecule has 1 heterocycles. The van der Waals surface area contributed by atoms with Gasteiger partial charge in [0.1, 0.15) is 5.75 Å². The van der Waals surface area contributed by atoms with Crippen LogP contribution in [0.25, 0.3) is 0 Å². The van der Waals surface area contributed by atoms with E-state index >= 15 is 0 Å². The predicted molar refractivity (Wildman–Crippen MR) is 65.6 cm³/mol. The Labute approximate surface area is 98.3 Å². The van der Waals surface area contributed by atoms with E-state index in [0.29, 0.717) is 6.04 Å². The summed E-state index contributed by atoms with van der Waals surface area (Å²) in [5.41, 5.74) is 1.14. The average Bonchev–Trinajstić information content (AvgIpc) is 2.71. The Bertz CT molecular complexity index is 337. The largest absolute Gasteiger partial charge is 0.496 e. The number of rotatable bonds is 3. The van der Waals surface area contributed by atoms with Gasteiger partial charge in [-0.1, -0.05) is 0 Å². The Hall–Kier alpha value is -0.740. The minimum atomic E-state index is 0.547. The zero-order valence-corrected chi connectivity index (χ0v) is 10.3. The van der Waals surface area contributed by atoms with Crippen molar-refractivity contribution in [3.05, 3.63) is 22.7 Å². The Morgan fingerprint density at radius 1 is 1.53 bits per heavy atom. The Kier molecular flexibility index (Phi) is 3.49. The molecule has 1 aromatic rings. The molecule has 4 heteroatoms. The van der Waals surface area contributed by atoms with Gasteiger partial charge in [-0.25, -0.2) is 0 Å². The highest BCUT2D eigenvalue weighted by Gasteiger charge is 2.14. The maximum Gasteiger partial charge on any atom is 0.133 e. The van der Waals surface area contributed by atoms with Gasteiger partial charge in [-0.15, -0.1) is 0 Å². The van der Waals surface area contributed by atoms with Crippen LogP contribution in [-0.2, 0) is 0 Å². The molecule has 1 saturated heterocycles. The molecule has 3 nitrogen and oxygen atoms in total. The van der Waals surface area contributed by atoms with E-state index in [-0.39, 0.29) is 0 Å². The molecule has 0 aromatic heterocycles. The number of ether oxygens (including phenoxy) is 1. The second-order valence-electron chi connectivity index (χ2n) is 3.68. The Balaban J connectivity index is 2.05. The fourth-order valence-corrected chi connectivity index (χ4v) is 2.31. The number of halogens is 1. The highest BCUT2D eigenvalue weighted by atomic mass is 79.9. The predicted octanol–water partition coefficient (Wildman–Crippen LogP) is 2.23. The third-order valence-corrected chi connectivity index (χ3v) is 3.20. The summed E-state index contributed by atoms with van der Waals surface area (Å²) in [4.78, 5) is 0. The summed E-state index contributed by atoms with van der Waals surface area (Å²) in [6, 6.07) is 6.61. The molecule has 1 aliphatic heterocycles. The highest BCUT2D eigenvalue weighted by molar-refractivity contribution is 9.10. The van der Waals surface area contributed by atoms with Crippen molar-refractivity contribution < 1.29 is 4.74 Å². The number of hydrogen-bond acceptors (Lipinski definition) is 3. The zero-order chi connectivity index (χ0) is 10.7. The van der Waals surface area contributed by atoms with Gasteiger partial charge in [0.05, 0.1) is 11.6 Å². The van der Waals surface area contributed by atoms with E-state index in [4.69, 9.17) is 4.74 Å². The summed E-state index contributed by atoms with van der Waals surface area (Å²) >= 11 is 3.48. The van der Waals surface area contributed by atoms with Crippen LogP contribution in [0.2, 0.25) is 0 Å². The number of benzene rings is 1. The van der Waals surface area contributed by atoms with Gasteiger partial charge in [-0.2, -0.15) is 0 Å². The summed E-state index contributed by atoms with van der Waals surface area (Å²) in [5, 5.41) is 6.82. The average molecular weight is 271 g/mol. The van der Waals surface area contributed by atoms with Crippen molar-refractivity contribution in [2.24, 2.45) is 0 Å². The van der Waals surface area contributed by atoms with E-state index in [1.807, 2.05) is 12.1 Å². The van der Waals surface area contributed by atoms with Crippen LogP contribution in [0, 0.1) is 0 Å². The number of hydrogen-bond donors (Lipinski definition) is 2. The molecule has 15 heavy (non-hydrogen) atoms. The van der Waals surface area contributed by atoms with E-state index in [1.165, 1.54) is 6.42 Å². The van der Waals surface area contributed by atoms with E-state index in [0.717, 1.165) is 29.0 Å². The molecule has 0 bridgehead atoms. The SMILES string of the molecule is COc1ccc(NC2CCNC2)cc1Br. The number of anilines is 1. The van der Waals surface area contributed by atoms with Crippen molar-refractivity contribution >= 4 is 21.6 Å².